The van der Waals surface area contributed by atoms with Crippen molar-refractivity contribution >= 4 is 5.91 Å². The summed E-state index contributed by atoms with van der Waals surface area (Å²) in [6, 6.07) is 5.90. The normalized spacial score (nSPS) is 21.5. The van der Waals surface area contributed by atoms with Gasteiger partial charge in [-0.05, 0) is 45.0 Å². The number of amides is 1. The second-order valence-electron chi connectivity index (χ2n) is 5.84. The predicted molar refractivity (Wildman–Crippen MR) is 82.0 cm³/mol. The summed E-state index contributed by atoms with van der Waals surface area (Å²) in [5, 5.41) is 4.29. The van der Waals surface area contributed by atoms with E-state index in [2.05, 4.69) is 10.1 Å². The molecule has 1 aliphatic heterocycles. The maximum absolute atomic E-state index is 13.0. The van der Waals surface area contributed by atoms with Crippen LogP contribution in [0.4, 0.5) is 4.39 Å². The first-order valence-corrected chi connectivity index (χ1v) is 7.58. The highest BCUT2D eigenvalue weighted by Crippen LogP contribution is 2.15. The molecule has 1 fully saturated rings. The lowest BCUT2D eigenvalue weighted by atomic mass is 10.2. The number of carbonyl (C=O) groups is 1. The summed E-state index contributed by atoms with van der Waals surface area (Å²) in [7, 11) is 0. The summed E-state index contributed by atoms with van der Waals surface area (Å²) in [4.78, 5) is 18.6. The second kappa shape index (κ2) is 6.08. The first-order chi connectivity index (χ1) is 10.9. The molecule has 122 valence electrons. The second-order valence-corrected chi connectivity index (χ2v) is 5.84. The Hall–Kier alpha value is -2.28. The van der Waals surface area contributed by atoms with Crippen molar-refractivity contribution in [2.45, 2.75) is 33.0 Å². The molecule has 1 amide bonds. The van der Waals surface area contributed by atoms with Crippen molar-refractivity contribution < 1.29 is 13.9 Å². The molecule has 1 aromatic heterocycles. The largest absolute Gasteiger partial charge is 0.372 e. The molecule has 0 saturated carbocycles. The van der Waals surface area contributed by atoms with E-state index in [0.29, 0.717) is 24.6 Å². The number of hydrogen-bond donors (Lipinski definition) is 0. The van der Waals surface area contributed by atoms with E-state index in [-0.39, 0.29) is 29.8 Å². The molecular formula is C16H19FN4O2. The smallest absolute Gasteiger partial charge is 0.293 e. The molecule has 0 spiro atoms. The number of halogens is 1. The van der Waals surface area contributed by atoms with Gasteiger partial charge in [0.2, 0.25) is 5.82 Å². The first kappa shape index (κ1) is 15.6. The number of benzene rings is 1. The van der Waals surface area contributed by atoms with E-state index in [1.54, 1.807) is 28.6 Å². The molecule has 1 aromatic carbocycles. The molecule has 3 rings (SSSR count). The Morgan fingerprint density at radius 3 is 2.43 bits per heavy atom. The van der Waals surface area contributed by atoms with Crippen molar-refractivity contribution in [1.29, 1.82) is 0 Å². The highest BCUT2D eigenvalue weighted by molar-refractivity contribution is 5.90. The third kappa shape index (κ3) is 3.24. The summed E-state index contributed by atoms with van der Waals surface area (Å²) in [6.07, 6.45) is -0.0223. The van der Waals surface area contributed by atoms with Crippen LogP contribution < -0.4 is 0 Å². The van der Waals surface area contributed by atoms with Crippen LogP contribution in [0.25, 0.3) is 5.69 Å². The molecule has 1 saturated heterocycles. The topological polar surface area (TPSA) is 60.3 Å². The molecule has 2 atom stereocenters. The minimum Gasteiger partial charge on any atom is -0.372 e. The zero-order valence-electron chi connectivity index (χ0n) is 13.4. The molecule has 23 heavy (non-hydrogen) atoms. The van der Waals surface area contributed by atoms with Crippen LogP contribution in [0, 0.1) is 12.7 Å². The predicted octanol–water partition coefficient (Wildman–Crippen LogP) is 1.96. The number of morpholine rings is 1. The average molecular weight is 318 g/mol. The van der Waals surface area contributed by atoms with Crippen LogP contribution in [0.5, 0.6) is 0 Å². The monoisotopic (exact) mass is 318 g/mol. The number of nitrogens with zero attached hydrogens (tertiary/aromatic N) is 4. The summed E-state index contributed by atoms with van der Waals surface area (Å²) in [5.74, 6) is 0.192. The van der Waals surface area contributed by atoms with Gasteiger partial charge in [-0.25, -0.2) is 14.1 Å². The minimum absolute atomic E-state index is 0.0111. The van der Waals surface area contributed by atoms with E-state index < -0.39 is 0 Å². The summed E-state index contributed by atoms with van der Waals surface area (Å²) >= 11 is 0. The Morgan fingerprint density at radius 1 is 1.22 bits per heavy atom. The van der Waals surface area contributed by atoms with Crippen molar-refractivity contribution in [1.82, 2.24) is 19.7 Å². The van der Waals surface area contributed by atoms with Crippen LogP contribution in [0.15, 0.2) is 24.3 Å². The number of aryl methyl sites for hydroxylation is 1. The van der Waals surface area contributed by atoms with Gasteiger partial charge in [-0.15, -0.1) is 5.10 Å². The van der Waals surface area contributed by atoms with Crippen molar-refractivity contribution in [2.75, 3.05) is 13.1 Å². The van der Waals surface area contributed by atoms with Gasteiger partial charge >= 0.3 is 0 Å². The maximum Gasteiger partial charge on any atom is 0.293 e. The summed E-state index contributed by atoms with van der Waals surface area (Å²) in [5.41, 5.74) is 0.666. The lowest BCUT2D eigenvalue weighted by Gasteiger charge is -2.34. The summed E-state index contributed by atoms with van der Waals surface area (Å²) in [6.45, 7) is 6.68. The molecule has 1 aliphatic rings. The highest BCUT2D eigenvalue weighted by atomic mass is 19.1. The van der Waals surface area contributed by atoms with E-state index >= 15 is 0 Å². The Kier molecular flexibility index (Phi) is 4.12. The van der Waals surface area contributed by atoms with Gasteiger partial charge in [0.05, 0.1) is 17.9 Å². The molecule has 0 aliphatic carbocycles. The molecule has 7 heteroatoms. The van der Waals surface area contributed by atoms with Gasteiger partial charge in [0.25, 0.3) is 5.91 Å². The van der Waals surface area contributed by atoms with E-state index in [9.17, 15) is 9.18 Å². The van der Waals surface area contributed by atoms with Gasteiger partial charge in [0.1, 0.15) is 11.6 Å². The van der Waals surface area contributed by atoms with Gasteiger partial charge in [-0.1, -0.05) is 0 Å². The molecule has 2 aromatic rings. The molecule has 0 radical (unpaired) electrons. The van der Waals surface area contributed by atoms with Crippen molar-refractivity contribution in [2.24, 2.45) is 0 Å². The number of hydrogen-bond acceptors (Lipinski definition) is 4. The fourth-order valence-corrected chi connectivity index (χ4v) is 2.79. The van der Waals surface area contributed by atoms with Crippen molar-refractivity contribution in [3.8, 4) is 5.69 Å². The maximum atomic E-state index is 13.0. The van der Waals surface area contributed by atoms with Crippen LogP contribution in [0.2, 0.25) is 0 Å². The van der Waals surface area contributed by atoms with Crippen molar-refractivity contribution in [3.05, 3.63) is 41.7 Å². The van der Waals surface area contributed by atoms with Gasteiger partial charge in [0.15, 0.2) is 0 Å². The fraction of sp³-hybridized carbons (Fsp3) is 0.438. The highest BCUT2D eigenvalue weighted by Gasteiger charge is 2.29. The van der Waals surface area contributed by atoms with Gasteiger partial charge < -0.3 is 9.64 Å². The number of carbonyl (C=O) groups excluding carboxylic acids is 1. The van der Waals surface area contributed by atoms with Crippen LogP contribution in [-0.4, -0.2) is 50.9 Å². The van der Waals surface area contributed by atoms with Crippen LogP contribution in [0.1, 0.15) is 30.3 Å². The van der Waals surface area contributed by atoms with Crippen LogP contribution in [0.3, 0.4) is 0 Å². The fourth-order valence-electron chi connectivity index (χ4n) is 2.79. The molecule has 2 unspecified atom stereocenters. The Labute approximate surface area is 133 Å². The SMILES string of the molecule is Cc1nc(C(=O)N2CC(C)OC(C)C2)nn1-c1ccc(F)cc1. The standard InChI is InChI=1S/C16H19FN4O2/c1-10-8-20(9-11(2)23-10)16(22)15-18-12(3)21(19-15)14-6-4-13(17)5-7-14/h4-7,10-11H,8-9H2,1-3H3. The average Bonchev–Trinajstić information content (AvgIpc) is 2.88. The van der Waals surface area contributed by atoms with E-state index in [4.69, 9.17) is 4.74 Å². The zero-order chi connectivity index (χ0) is 16.6. The molecule has 2 heterocycles. The third-order valence-corrected chi connectivity index (χ3v) is 3.74. The minimum atomic E-state index is -0.320. The van der Waals surface area contributed by atoms with Crippen LogP contribution in [-0.2, 0) is 4.74 Å². The molecule has 6 nitrogen and oxygen atoms in total. The lowest BCUT2D eigenvalue weighted by Crippen LogP contribution is -2.48. The van der Waals surface area contributed by atoms with E-state index in [1.165, 1.54) is 12.1 Å². The van der Waals surface area contributed by atoms with Gasteiger partial charge in [-0.3, -0.25) is 4.79 Å². The zero-order valence-corrected chi connectivity index (χ0v) is 13.4. The van der Waals surface area contributed by atoms with Gasteiger partial charge in [-0.2, -0.15) is 0 Å². The molecule has 0 N–H and O–H groups in total. The Balaban J connectivity index is 1.85. The van der Waals surface area contributed by atoms with Crippen LogP contribution >= 0.6 is 0 Å². The summed E-state index contributed by atoms with van der Waals surface area (Å²) < 4.78 is 20.2. The Morgan fingerprint density at radius 2 is 1.83 bits per heavy atom. The van der Waals surface area contributed by atoms with E-state index in [0.717, 1.165) is 0 Å². The first-order valence-electron chi connectivity index (χ1n) is 7.58. The van der Waals surface area contributed by atoms with Crippen molar-refractivity contribution in [3.63, 3.8) is 0 Å². The van der Waals surface area contributed by atoms with Gasteiger partial charge in [0, 0.05) is 13.1 Å². The molecule has 0 bridgehead atoms. The number of ether oxygens (including phenoxy) is 1. The molecular weight excluding hydrogens is 299 g/mol. The number of aromatic nitrogens is 3. The number of rotatable bonds is 2. The Bertz CT molecular complexity index is 703. The van der Waals surface area contributed by atoms with E-state index in [1.807, 2.05) is 13.8 Å². The third-order valence-electron chi connectivity index (χ3n) is 3.74. The lowest BCUT2D eigenvalue weighted by molar-refractivity contribution is -0.0588. The quantitative estimate of drug-likeness (QED) is 0.849.